The van der Waals surface area contributed by atoms with Gasteiger partial charge in [-0.3, -0.25) is 4.79 Å². The van der Waals surface area contributed by atoms with Gasteiger partial charge in [0.2, 0.25) is 5.91 Å². The molecule has 0 aliphatic heterocycles. The van der Waals surface area contributed by atoms with Gasteiger partial charge in [0.25, 0.3) is 0 Å². The maximum atomic E-state index is 10.7. The number of rotatable bonds is 5. The molecule has 1 unspecified atom stereocenters. The molecule has 1 amide bonds. The molecule has 1 rings (SSSR count). The van der Waals surface area contributed by atoms with Crippen LogP contribution in [0.1, 0.15) is 18.0 Å². The number of carbonyl (C=O) groups excluding carboxylic acids is 1. The fourth-order valence-corrected chi connectivity index (χ4v) is 1.42. The number of ether oxygens (including phenoxy) is 2. The Morgan fingerprint density at radius 2 is 1.94 bits per heavy atom. The highest BCUT2D eigenvalue weighted by Gasteiger charge is 2.12. The van der Waals surface area contributed by atoms with Crippen LogP contribution in [-0.2, 0) is 4.79 Å². The lowest BCUT2D eigenvalue weighted by Gasteiger charge is -2.13. The molecule has 1 aromatic carbocycles. The normalized spacial score (nSPS) is 11.9. The van der Waals surface area contributed by atoms with E-state index in [9.17, 15) is 4.79 Å². The van der Waals surface area contributed by atoms with E-state index in [1.54, 1.807) is 32.4 Å². The van der Waals surface area contributed by atoms with Gasteiger partial charge in [0.15, 0.2) is 11.5 Å². The number of amides is 1. The van der Waals surface area contributed by atoms with Crippen molar-refractivity contribution in [2.45, 2.75) is 12.5 Å². The maximum absolute atomic E-state index is 10.7. The fraction of sp³-hybridized carbons (Fsp3) is 0.364. The van der Waals surface area contributed by atoms with E-state index in [0.29, 0.717) is 11.5 Å². The highest BCUT2D eigenvalue weighted by atomic mass is 16.5. The molecule has 5 heteroatoms. The monoisotopic (exact) mass is 224 g/mol. The molecule has 88 valence electrons. The summed E-state index contributed by atoms with van der Waals surface area (Å²) in [5.74, 6) is 0.778. The van der Waals surface area contributed by atoms with Crippen molar-refractivity contribution in [3.8, 4) is 11.5 Å². The number of carbonyl (C=O) groups is 1. The minimum atomic E-state index is -0.428. The average molecular weight is 224 g/mol. The molecule has 4 N–H and O–H groups in total. The lowest BCUT2D eigenvalue weighted by Crippen LogP contribution is -2.20. The molecule has 0 saturated heterocycles. The first-order valence-corrected chi connectivity index (χ1v) is 4.84. The van der Waals surface area contributed by atoms with E-state index in [1.807, 2.05) is 0 Å². The van der Waals surface area contributed by atoms with Gasteiger partial charge in [0.1, 0.15) is 0 Å². The van der Waals surface area contributed by atoms with Crippen LogP contribution in [0.15, 0.2) is 18.2 Å². The Kier molecular flexibility index (Phi) is 4.13. The first-order chi connectivity index (χ1) is 7.58. The van der Waals surface area contributed by atoms with Gasteiger partial charge in [0, 0.05) is 12.5 Å². The Morgan fingerprint density at radius 1 is 1.31 bits per heavy atom. The largest absolute Gasteiger partial charge is 0.493 e. The van der Waals surface area contributed by atoms with E-state index in [4.69, 9.17) is 20.9 Å². The Labute approximate surface area is 94.3 Å². The van der Waals surface area contributed by atoms with Crippen LogP contribution in [-0.4, -0.2) is 20.1 Å². The van der Waals surface area contributed by atoms with Crippen LogP contribution in [0.25, 0.3) is 0 Å². The van der Waals surface area contributed by atoms with Gasteiger partial charge in [-0.1, -0.05) is 6.07 Å². The lowest BCUT2D eigenvalue weighted by molar-refractivity contribution is -0.118. The quantitative estimate of drug-likeness (QED) is 0.765. The van der Waals surface area contributed by atoms with Crippen molar-refractivity contribution in [2.24, 2.45) is 11.5 Å². The van der Waals surface area contributed by atoms with E-state index >= 15 is 0 Å². The third-order valence-corrected chi connectivity index (χ3v) is 2.26. The van der Waals surface area contributed by atoms with Gasteiger partial charge in [-0.25, -0.2) is 0 Å². The summed E-state index contributed by atoms with van der Waals surface area (Å²) in [6.45, 7) is 0. The maximum Gasteiger partial charge on any atom is 0.219 e. The van der Waals surface area contributed by atoms with Gasteiger partial charge in [-0.2, -0.15) is 0 Å². The van der Waals surface area contributed by atoms with Crippen LogP contribution in [0.3, 0.4) is 0 Å². The van der Waals surface area contributed by atoms with Gasteiger partial charge >= 0.3 is 0 Å². The number of benzene rings is 1. The van der Waals surface area contributed by atoms with E-state index in [0.717, 1.165) is 5.56 Å². The van der Waals surface area contributed by atoms with Crippen molar-refractivity contribution in [3.63, 3.8) is 0 Å². The summed E-state index contributed by atoms with van der Waals surface area (Å²) in [4.78, 5) is 10.7. The molecule has 0 spiro atoms. The topological polar surface area (TPSA) is 87.6 Å². The van der Waals surface area contributed by atoms with Crippen molar-refractivity contribution < 1.29 is 14.3 Å². The van der Waals surface area contributed by atoms with Crippen LogP contribution >= 0.6 is 0 Å². The van der Waals surface area contributed by atoms with Crippen LogP contribution in [0.4, 0.5) is 0 Å². The average Bonchev–Trinajstić information content (AvgIpc) is 2.27. The minimum absolute atomic E-state index is 0.107. The second-order valence-electron chi connectivity index (χ2n) is 3.39. The minimum Gasteiger partial charge on any atom is -0.493 e. The van der Waals surface area contributed by atoms with E-state index in [1.165, 1.54) is 0 Å². The van der Waals surface area contributed by atoms with Gasteiger partial charge in [0.05, 0.1) is 14.2 Å². The highest BCUT2D eigenvalue weighted by Crippen LogP contribution is 2.29. The van der Waals surface area contributed by atoms with Crippen molar-refractivity contribution in [1.82, 2.24) is 0 Å². The van der Waals surface area contributed by atoms with Crippen LogP contribution in [0.2, 0.25) is 0 Å². The summed E-state index contributed by atoms with van der Waals surface area (Å²) in [6, 6.07) is 4.86. The van der Waals surface area contributed by atoms with Crippen molar-refractivity contribution in [3.05, 3.63) is 23.8 Å². The molecule has 0 radical (unpaired) electrons. The van der Waals surface area contributed by atoms with Crippen molar-refractivity contribution >= 4 is 5.91 Å². The molecular weight excluding hydrogens is 208 g/mol. The molecule has 16 heavy (non-hydrogen) atoms. The predicted molar refractivity (Wildman–Crippen MR) is 60.3 cm³/mol. The molecule has 0 fully saturated rings. The zero-order valence-electron chi connectivity index (χ0n) is 9.40. The fourth-order valence-electron chi connectivity index (χ4n) is 1.42. The van der Waals surface area contributed by atoms with Crippen LogP contribution < -0.4 is 20.9 Å². The van der Waals surface area contributed by atoms with E-state index in [2.05, 4.69) is 0 Å². The Hall–Kier alpha value is -1.75. The first kappa shape index (κ1) is 12.3. The summed E-state index contributed by atoms with van der Waals surface area (Å²) >= 11 is 0. The number of methoxy groups -OCH3 is 2. The Morgan fingerprint density at radius 3 is 2.44 bits per heavy atom. The van der Waals surface area contributed by atoms with Crippen LogP contribution in [0, 0.1) is 0 Å². The van der Waals surface area contributed by atoms with Gasteiger partial charge < -0.3 is 20.9 Å². The van der Waals surface area contributed by atoms with E-state index in [-0.39, 0.29) is 6.42 Å². The van der Waals surface area contributed by atoms with E-state index < -0.39 is 11.9 Å². The Balaban J connectivity index is 2.93. The standard InChI is InChI=1S/C11H16N2O3/c1-15-9-4-3-7(5-10(9)16-2)8(12)6-11(13)14/h3-5,8H,6,12H2,1-2H3,(H2,13,14). The number of hydrogen-bond acceptors (Lipinski definition) is 4. The SMILES string of the molecule is COc1ccc(C(N)CC(N)=O)cc1OC. The highest BCUT2D eigenvalue weighted by molar-refractivity contribution is 5.74. The van der Waals surface area contributed by atoms with Crippen molar-refractivity contribution in [1.29, 1.82) is 0 Å². The second-order valence-corrected chi connectivity index (χ2v) is 3.39. The van der Waals surface area contributed by atoms with Crippen molar-refractivity contribution in [2.75, 3.05) is 14.2 Å². The zero-order chi connectivity index (χ0) is 12.1. The molecular formula is C11H16N2O3. The molecule has 0 bridgehead atoms. The molecule has 5 nitrogen and oxygen atoms in total. The molecule has 1 aromatic rings. The third kappa shape index (κ3) is 2.87. The molecule has 0 heterocycles. The Bertz CT molecular complexity index is 379. The summed E-state index contributed by atoms with van der Waals surface area (Å²) in [5.41, 5.74) is 11.7. The molecule has 0 aromatic heterocycles. The molecule has 0 aliphatic rings. The predicted octanol–water partition coefficient (Wildman–Crippen LogP) is 0.579. The number of hydrogen-bond donors (Lipinski definition) is 2. The number of primary amides is 1. The summed E-state index contributed by atoms with van der Waals surface area (Å²) in [5, 5.41) is 0. The lowest BCUT2D eigenvalue weighted by atomic mass is 10.0. The van der Waals surface area contributed by atoms with Crippen LogP contribution in [0.5, 0.6) is 11.5 Å². The van der Waals surface area contributed by atoms with Gasteiger partial charge in [-0.05, 0) is 17.7 Å². The summed E-state index contributed by atoms with van der Waals surface area (Å²) in [7, 11) is 3.10. The first-order valence-electron chi connectivity index (χ1n) is 4.84. The molecule has 0 saturated carbocycles. The zero-order valence-corrected chi connectivity index (χ0v) is 9.40. The smallest absolute Gasteiger partial charge is 0.219 e. The van der Waals surface area contributed by atoms with Gasteiger partial charge in [-0.15, -0.1) is 0 Å². The molecule has 1 atom stereocenters. The number of nitrogens with two attached hydrogens (primary N) is 2. The third-order valence-electron chi connectivity index (χ3n) is 2.26. The second kappa shape index (κ2) is 5.37. The summed E-state index contributed by atoms with van der Waals surface area (Å²) < 4.78 is 10.2. The molecule has 0 aliphatic carbocycles. The summed E-state index contributed by atoms with van der Waals surface area (Å²) in [6.07, 6.45) is 0.107.